The normalized spacial score (nSPS) is 33.0. The molecule has 2 atom stereocenters. The van der Waals surface area contributed by atoms with E-state index in [0.29, 0.717) is 17.8 Å². The van der Waals surface area contributed by atoms with Crippen molar-refractivity contribution in [2.45, 2.75) is 70.0 Å². The molecule has 1 saturated heterocycles. The molecule has 0 bridgehead atoms. The number of hydrogen-bond acceptors (Lipinski definition) is 5. The SMILES string of the molecule is CC1CC(N)(c2noc(C(C)(C)C)n2)CN1C1CC1. The van der Waals surface area contributed by atoms with Gasteiger partial charge >= 0.3 is 0 Å². The van der Waals surface area contributed by atoms with E-state index in [1.807, 2.05) is 0 Å². The molecular formula is C14H24N4O. The lowest BCUT2D eigenvalue weighted by atomic mass is 9.95. The molecule has 1 aromatic heterocycles. The molecule has 2 N–H and O–H groups in total. The van der Waals surface area contributed by atoms with Crippen LogP contribution in [-0.4, -0.2) is 33.7 Å². The summed E-state index contributed by atoms with van der Waals surface area (Å²) in [6.07, 6.45) is 3.52. The van der Waals surface area contributed by atoms with Gasteiger partial charge in [-0.3, -0.25) is 4.90 Å². The Bertz CT molecular complexity index is 474. The molecule has 1 saturated carbocycles. The lowest BCUT2D eigenvalue weighted by Gasteiger charge is -2.21. The third-order valence-corrected chi connectivity index (χ3v) is 4.22. The smallest absolute Gasteiger partial charge is 0.232 e. The topological polar surface area (TPSA) is 68.2 Å². The van der Waals surface area contributed by atoms with Crippen LogP contribution in [0.5, 0.6) is 0 Å². The minimum atomic E-state index is -0.449. The number of nitrogens with two attached hydrogens (primary N) is 1. The molecule has 5 nitrogen and oxygen atoms in total. The molecule has 3 rings (SSSR count). The molecular weight excluding hydrogens is 240 g/mol. The van der Waals surface area contributed by atoms with Crippen molar-refractivity contribution in [3.63, 3.8) is 0 Å². The van der Waals surface area contributed by atoms with E-state index in [4.69, 9.17) is 10.3 Å². The molecule has 2 unspecified atom stereocenters. The van der Waals surface area contributed by atoms with Crippen molar-refractivity contribution < 1.29 is 4.52 Å². The van der Waals surface area contributed by atoms with Crippen molar-refractivity contribution in [3.8, 4) is 0 Å². The van der Waals surface area contributed by atoms with E-state index in [2.05, 4.69) is 42.7 Å². The largest absolute Gasteiger partial charge is 0.339 e. The van der Waals surface area contributed by atoms with Crippen LogP contribution in [0.3, 0.4) is 0 Å². The van der Waals surface area contributed by atoms with Gasteiger partial charge in [-0.15, -0.1) is 0 Å². The van der Waals surface area contributed by atoms with Gasteiger partial charge in [0, 0.05) is 24.0 Å². The summed E-state index contributed by atoms with van der Waals surface area (Å²) in [4.78, 5) is 7.06. The van der Waals surface area contributed by atoms with Gasteiger partial charge in [0.15, 0.2) is 5.82 Å². The molecule has 1 aromatic rings. The third-order valence-electron chi connectivity index (χ3n) is 4.22. The zero-order chi connectivity index (χ0) is 13.8. The highest BCUT2D eigenvalue weighted by molar-refractivity contribution is 5.14. The zero-order valence-corrected chi connectivity index (χ0v) is 12.3. The molecule has 2 heterocycles. The average molecular weight is 264 g/mol. The highest BCUT2D eigenvalue weighted by atomic mass is 16.5. The predicted octanol–water partition coefficient (Wildman–Crippen LogP) is 1.78. The molecule has 2 aliphatic rings. The highest BCUT2D eigenvalue weighted by Crippen LogP contribution is 2.39. The van der Waals surface area contributed by atoms with E-state index in [1.54, 1.807) is 0 Å². The second-order valence-electron chi connectivity index (χ2n) is 7.29. The first kappa shape index (κ1) is 13.1. The van der Waals surface area contributed by atoms with Crippen molar-refractivity contribution in [3.05, 3.63) is 11.7 Å². The van der Waals surface area contributed by atoms with Crippen LogP contribution in [0.2, 0.25) is 0 Å². The second-order valence-corrected chi connectivity index (χ2v) is 7.29. The predicted molar refractivity (Wildman–Crippen MR) is 72.7 cm³/mol. The maximum absolute atomic E-state index is 6.56. The van der Waals surface area contributed by atoms with E-state index >= 15 is 0 Å². The Labute approximate surface area is 114 Å². The van der Waals surface area contributed by atoms with Crippen molar-refractivity contribution in [1.29, 1.82) is 0 Å². The molecule has 0 radical (unpaired) electrons. The molecule has 2 fully saturated rings. The van der Waals surface area contributed by atoms with Crippen LogP contribution in [0.1, 0.15) is 58.7 Å². The van der Waals surface area contributed by atoms with Gasteiger partial charge in [0.2, 0.25) is 5.89 Å². The van der Waals surface area contributed by atoms with E-state index < -0.39 is 5.54 Å². The highest BCUT2D eigenvalue weighted by Gasteiger charge is 2.48. The van der Waals surface area contributed by atoms with E-state index in [-0.39, 0.29) is 5.41 Å². The molecule has 1 aliphatic heterocycles. The lowest BCUT2D eigenvalue weighted by Crippen LogP contribution is -2.41. The first-order valence-electron chi connectivity index (χ1n) is 7.19. The summed E-state index contributed by atoms with van der Waals surface area (Å²) >= 11 is 0. The van der Waals surface area contributed by atoms with Crippen molar-refractivity contribution >= 4 is 0 Å². The summed E-state index contributed by atoms with van der Waals surface area (Å²) in [6, 6.07) is 1.24. The fraction of sp³-hybridized carbons (Fsp3) is 0.857. The summed E-state index contributed by atoms with van der Waals surface area (Å²) in [7, 11) is 0. The van der Waals surface area contributed by atoms with Crippen molar-refractivity contribution in [2.75, 3.05) is 6.54 Å². The Morgan fingerprint density at radius 2 is 2.05 bits per heavy atom. The molecule has 0 spiro atoms. The number of hydrogen-bond donors (Lipinski definition) is 1. The molecule has 106 valence electrons. The molecule has 19 heavy (non-hydrogen) atoms. The summed E-state index contributed by atoms with van der Waals surface area (Å²) in [5, 5.41) is 4.15. The summed E-state index contributed by atoms with van der Waals surface area (Å²) < 4.78 is 5.39. The van der Waals surface area contributed by atoms with Gasteiger partial charge in [-0.25, -0.2) is 0 Å². The maximum Gasteiger partial charge on any atom is 0.232 e. The van der Waals surface area contributed by atoms with Crippen LogP contribution in [0.15, 0.2) is 4.52 Å². The monoisotopic (exact) mass is 264 g/mol. The quantitative estimate of drug-likeness (QED) is 0.881. The fourth-order valence-corrected chi connectivity index (χ4v) is 2.98. The number of aromatic nitrogens is 2. The Morgan fingerprint density at radius 1 is 1.37 bits per heavy atom. The molecule has 1 aliphatic carbocycles. The Kier molecular flexibility index (Phi) is 2.77. The summed E-state index contributed by atoms with van der Waals surface area (Å²) in [6.45, 7) is 9.31. The first-order chi connectivity index (χ1) is 8.79. The van der Waals surface area contributed by atoms with Gasteiger partial charge in [0.25, 0.3) is 0 Å². The van der Waals surface area contributed by atoms with Gasteiger partial charge in [-0.05, 0) is 26.2 Å². The molecule has 0 aromatic carbocycles. The lowest BCUT2D eigenvalue weighted by molar-refractivity contribution is 0.247. The third kappa shape index (κ3) is 2.30. The second kappa shape index (κ2) is 4.03. The van der Waals surface area contributed by atoms with Crippen molar-refractivity contribution in [1.82, 2.24) is 15.0 Å². The summed E-state index contributed by atoms with van der Waals surface area (Å²) in [5.74, 6) is 1.34. The standard InChI is InChI=1S/C14H24N4O/c1-9-7-14(15,8-18(9)10-5-6-10)11-16-12(19-17-11)13(2,3)4/h9-10H,5-8,15H2,1-4H3. The van der Waals surface area contributed by atoms with Crippen LogP contribution in [0.25, 0.3) is 0 Å². The zero-order valence-electron chi connectivity index (χ0n) is 12.3. The molecule has 5 heteroatoms. The van der Waals surface area contributed by atoms with Crippen LogP contribution < -0.4 is 5.73 Å². The molecule has 0 amide bonds. The number of rotatable bonds is 2. The Morgan fingerprint density at radius 3 is 2.58 bits per heavy atom. The van der Waals surface area contributed by atoms with Gasteiger partial charge < -0.3 is 10.3 Å². The number of nitrogens with zero attached hydrogens (tertiary/aromatic N) is 3. The first-order valence-corrected chi connectivity index (χ1v) is 7.19. The fourth-order valence-electron chi connectivity index (χ4n) is 2.98. The van der Waals surface area contributed by atoms with Crippen LogP contribution in [-0.2, 0) is 11.0 Å². The van der Waals surface area contributed by atoms with Crippen LogP contribution in [0.4, 0.5) is 0 Å². The van der Waals surface area contributed by atoms with E-state index in [0.717, 1.165) is 19.0 Å². The van der Waals surface area contributed by atoms with Gasteiger partial charge in [0.1, 0.15) is 0 Å². The summed E-state index contributed by atoms with van der Waals surface area (Å²) in [5.41, 5.74) is 5.98. The van der Waals surface area contributed by atoms with E-state index in [1.165, 1.54) is 12.8 Å². The Hall–Kier alpha value is -0.940. The van der Waals surface area contributed by atoms with Crippen molar-refractivity contribution in [2.24, 2.45) is 5.73 Å². The Balaban J connectivity index is 1.83. The minimum absolute atomic E-state index is 0.123. The maximum atomic E-state index is 6.56. The van der Waals surface area contributed by atoms with Gasteiger partial charge in [0.05, 0.1) is 5.54 Å². The van der Waals surface area contributed by atoms with E-state index in [9.17, 15) is 0 Å². The van der Waals surface area contributed by atoms with Crippen LogP contribution in [0, 0.1) is 0 Å². The van der Waals surface area contributed by atoms with Crippen LogP contribution >= 0.6 is 0 Å². The average Bonchev–Trinajstić information content (AvgIpc) is 2.88. The number of likely N-dealkylation sites (tertiary alicyclic amines) is 1. The minimum Gasteiger partial charge on any atom is -0.339 e. The van der Waals surface area contributed by atoms with Gasteiger partial charge in [-0.1, -0.05) is 25.9 Å². The van der Waals surface area contributed by atoms with Gasteiger partial charge in [-0.2, -0.15) is 4.98 Å².